The molecule has 0 aromatic carbocycles. The van der Waals surface area contributed by atoms with Crippen LogP contribution < -0.4 is 5.32 Å². The smallest absolute Gasteiger partial charge is 0.248 e. The van der Waals surface area contributed by atoms with Crippen LogP contribution in [0.15, 0.2) is 0 Å². The van der Waals surface area contributed by atoms with Gasteiger partial charge in [-0.25, -0.2) is 0 Å². The Morgan fingerprint density at radius 3 is 2.82 bits per heavy atom. The average molecular weight is 234 g/mol. The maximum atomic E-state index is 12.3. The molecule has 4 heteroatoms. The van der Waals surface area contributed by atoms with Crippen molar-refractivity contribution in [2.24, 2.45) is 5.92 Å². The molecule has 0 aromatic heterocycles. The summed E-state index contributed by atoms with van der Waals surface area (Å²) in [7, 11) is 0. The standard InChI is InChI=1S/C13H18N2O2/c1-3-4-5-8-15-9-11(16)14-13(2,12(15)17)10-6-7-10/h1,10H,4-9H2,2H3,(H,14,16). The molecule has 1 saturated heterocycles. The van der Waals surface area contributed by atoms with Crippen LogP contribution in [-0.4, -0.2) is 35.3 Å². The number of amides is 2. The van der Waals surface area contributed by atoms with Crippen molar-refractivity contribution in [3.63, 3.8) is 0 Å². The minimum atomic E-state index is -0.675. The van der Waals surface area contributed by atoms with Crippen LogP contribution in [0.1, 0.15) is 32.6 Å². The first-order valence-corrected chi connectivity index (χ1v) is 6.12. The van der Waals surface area contributed by atoms with Crippen LogP contribution in [0.5, 0.6) is 0 Å². The Bertz CT molecular complexity index is 381. The predicted octanol–water partition coefficient (Wildman–Crippen LogP) is 0.527. The van der Waals surface area contributed by atoms with Crippen LogP contribution in [-0.2, 0) is 9.59 Å². The molecule has 4 nitrogen and oxygen atoms in total. The number of carbonyl (C=O) groups is 2. The van der Waals surface area contributed by atoms with Gasteiger partial charge in [0.05, 0.1) is 6.54 Å². The van der Waals surface area contributed by atoms with Gasteiger partial charge in [-0.2, -0.15) is 0 Å². The minimum Gasteiger partial charge on any atom is -0.340 e. The Kier molecular flexibility index (Phi) is 3.10. The molecule has 1 atom stereocenters. The molecule has 1 N–H and O–H groups in total. The number of rotatable bonds is 4. The van der Waals surface area contributed by atoms with Crippen molar-refractivity contribution < 1.29 is 9.59 Å². The number of carbonyl (C=O) groups excluding carboxylic acids is 2. The highest BCUT2D eigenvalue weighted by Crippen LogP contribution is 2.41. The molecule has 1 aliphatic carbocycles. The van der Waals surface area contributed by atoms with Gasteiger partial charge in [0.25, 0.3) is 0 Å². The monoisotopic (exact) mass is 234 g/mol. The van der Waals surface area contributed by atoms with Gasteiger partial charge in [-0.05, 0) is 32.1 Å². The van der Waals surface area contributed by atoms with Crippen LogP contribution >= 0.6 is 0 Å². The zero-order chi connectivity index (χ0) is 12.5. The van der Waals surface area contributed by atoms with Crippen molar-refractivity contribution >= 4 is 11.8 Å². The van der Waals surface area contributed by atoms with Crippen molar-refractivity contribution in [2.75, 3.05) is 13.1 Å². The molecule has 1 heterocycles. The van der Waals surface area contributed by atoms with Crippen LogP contribution in [0.2, 0.25) is 0 Å². The fourth-order valence-electron chi connectivity index (χ4n) is 2.45. The molecule has 0 spiro atoms. The Balaban J connectivity index is 2.04. The first-order chi connectivity index (χ1) is 8.08. The van der Waals surface area contributed by atoms with Gasteiger partial charge in [0.1, 0.15) is 5.54 Å². The highest BCUT2D eigenvalue weighted by molar-refractivity contribution is 5.98. The molecular formula is C13H18N2O2. The van der Waals surface area contributed by atoms with E-state index < -0.39 is 5.54 Å². The lowest BCUT2D eigenvalue weighted by Crippen LogP contribution is -2.66. The maximum absolute atomic E-state index is 12.3. The zero-order valence-electron chi connectivity index (χ0n) is 10.2. The summed E-state index contributed by atoms with van der Waals surface area (Å²) < 4.78 is 0. The van der Waals surface area contributed by atoms with Crippen LogP contribution in [0.4, 0.5) is 0 Å². The van der Waals surface area contributed by atoms with Crippen LogP contribution in [0, 0.1) is 18.3 Å². The Hall–Kier alpha value is -1.50. The highest BCUT2D eigenvalue weighted by atomic mass is 16.2. The second-order valence-corrected chi connectivity index (χ2v) is 5.06. The third kappa shape index (κ3) is 2.28. The number of piperazine rings is 1. The second-order valence-electron chi connectivity index (χ2n) is 5.06. The van der Waals surface area contributed by atoms with Crippen molar-refractivity contribution in [3.8, 4) is 12.3 Å². The van der Waals surface area contributed by atoms with E-state index in [1.54, 1.807) is 4.90 Å². The Labute approximate surface area is 102 Å². The zero-order valence-corrected chi connectivity index (χ0v) is 10.2. The van der Waals surface area contributed by atoms with Gasteiger partial charge in [-0.1, -0.05) is 0 Å². The Morgan fingerprint density at radius 2 is 2.24 bits per heavy atom. The minimum absolute atomic E-state index is 0.0524. The largest absolute Gasteiger partial charge is 0.340 e. The van der Waals surface area contributed by atoms with Gasteiger partial charge in [0, 0.05) is 13.0 Å². The van der Waals surface area contributed by atoms with E-state index in [-0.39, 0.29) is 18.4 Å². The summed E-state index contributed by atoms with van der Waals surface area (Å²) >= 11 is 0. The van der Waals surface area contributed by atoms with Crippen molar-refractivity contribution in [3.05, 3.63) is 0 Å². The van der Waals surface area contributed by atoms with Crippen LogP contribution in [0.3, 0.4) is 0 Å². The fourth-order valence-corrected chi connectivity index (χ4v) is 2.45. The number of terminal acetylenes is 1. The van der Waals surface area contributed by atoms with Gasteiger partial charge < -0.3 is 10.2 Å². The normalized spacial score (nSPS) is 28.8. The summed E-state index contributed by atoms with van der Waals surface area (Å²) in [5.41, 5.74) is -0.675. The van der Waals surface area contributed by atoms with Crippen molar-refractivity contribution in [1.82, 2.24) is 10.2 Å². The lowest BCUT2D eigenvalue weighted by molar-refractivity contribution is -0.150. The number of hydrogen-bond acceptors (Lipinski definition) is 2. The maximum Gasteiger partial charge on any atom is 0.248 e. The number of hydrogen-bond donors (Lipinski definition) is 1. The molecule has 2 rings (SSSR count). The molecule has 92 valence electrons. The summed E-state index contributed by atoms with van der Waals surface area (Å²) in [6.45, 7) is 2.60. The van der Waals surface area contributed by atoms with Gasteiger partial charge in [0.15, 0.2) is 0 Å². The van der Waals surface area contributed by atoms with Gasteiger partial charge in [0.2, 0.25) is 11.8 Å². The van der Waals surface area contributed by atoms with E-state index in [1.165, 1.54) is 0 Å². The molecule has 0 bridgehead atoms. The van der Waals surface area contributed by atoms with Gasteiger partial charge >= 0.3 is 0 Å². The van der Waals surface area contributed by atoms with Crippen molar-refractivity contribution in [1.29, 1.82) is 0 Å². The van der Waals surface area contributed by atoms with Gasteiger partial charge in [-0.3, -0.25) is 9.59 Å². The molecule has 0 aromatic rings. The molecular weight excluding hydrogens is 216 g/mol. The summed E-state index contributed by atoms with van der Waals surface area (Å²) in [6.07, 6.45) is 8.65. The number of nitrogens with one attached hydrogen (secondary N) is 1. The van der Waals surface area contributed by atoms with E-state index in [4.69, 9.17) is 6.42 Å². The number of unbranched alkanes of at least 4 members (excludes halogenated alkanes) is 1. The highest BCUT2D eigenvalue weighted by Gasteiger charge is 2.52. The average Bonchev–Trinajstić information content (AvgIpc) is 3.09. The summed E-state index contributed by atoms with van der Waals surface area (Å²) in [5.74, 6) is 2.86. The molecule has 2 fully saturated rings. The number of nitrogens with zero attached hydrogens (tertiary/aromatic N) is 1. The molecule has 2 aliphatic rings. The third-order valence-electron chi connectivity index (χ3n) is 3.61. The molecule has 1 unspecified atom stereocenters. The van der Waals surface area contributed by atoms with E-state index in [0.717, 1.165) is 19.3 Å². The molecule has 17 heavy (non-hydrogen) atoms. The molecule has 1 aliphatic heterocycles. The SMILES string of the molecule is C#CCCCN1CC(=O)NC(C)(C2CC2)C1=O. The summed E-state index contributed by atoms with van der Waals surface area (Å²) in [4.78, 5) is 25.6. The van der Waals surface area contributed by atoms with E-state index >= 15 is 0 Å². The second kappa shape index (κ2) is 4.40. The van der Waals surface area contributed by atoms with E-state index in [1.807, 2.05) is 6.92 Å². The first-order valence-electron chi connectivity index (χ1n) is 6.12. The van der Waals surface area contributed by atoms with E-state index in [2.05, 4.69) is 11.2 Å². The Morgan fingerprint density at radius 1 is 1.53 bits per heavy atom. The predicted molar refractivity (Wildman–Crippen MR) is 63.9 cm³/mol. The lowest BCUT2D eigenvalue weighted by Gasteiger charge is -2.40. The molecule has 1 saturated carbocycles. The summed E-state index contributed by atoms with van der Waals surface area (Å²) in [5, 5.41) is 2.85. The quantitative estimate of drug-likeness (QED) is 0.569. The topological polar surface area (TPSA) is 49.4 Å². The van der Waals surface area contributed by atoms with E-state index in [0.29, 0.717) is 18.9 Å². The third-order valence-corrected chi connectivity index (χ3v) is 3.61. The fraction of sp³-hybridized carbons (Fsp3) is 0.692. The summed E-state index contributed by atoms with van der Waals surface area (Å²) in [6, 6.07) is 0. The lowest BCUT2D eigenvalue weighted by atomic mass is 9.91. The molecule has 0 radical (unpaired) electrons. The molecule has 2 amide bonds. The first kappa shape index (κ1) is 12.0. The van der Waals surface area contributed by atoms with E-state index in [9.17, 15) is 9.59 Å². The van der Waals surface area contributed by atoms with Crippen LogP contribution in [0.25, 0.3) is 0 Å². The van der Waals surface area contributed by atoms with Crippen molar-refractivity contribution in [2.45, 2.75) is 38.1 Å². The van der Waals surface area contributed by atoms with Gasteiger partial charge in [-0.15, -0.1) is 12.3 Å².